The number of methoxy groups -OCH3 is 2. The van der Waals surface area contributed by atoms with Crippen molar-refractivity contribution in [3.63, 3.8) is 0 Å². The van der Waals surface area contributed by atoms with Gasteiger partial charge < -0.3 is 19.5 Å². The van der Waals surface area contributed by atoms with Crippen molar-refractivity contribution in [2.75, 3.05) is 19.5 Å². The predicted molar refractivity (Wildman–Crippen MR) is 129 cm³/mol. The van der Waals surface area contributed by atoms with Gasteiger partial charge in [-0.15, -0.1) is 0 Å². The number of ether oxygens (including phenoxy) is 3. The van der Waals surface area contributed by atoms with Crippen LogP contribution in [0.3, 0.4) is 0 Å². The third-order valence-electron chi connectivity index (χ3n) is 4.97. The lowest BCUT2D eigenvalue weighted by molar-refractivity contribution is -0.117. The minimum Gasteiger partial charge on any atom is -0.497 e. The molecule has 3 aromatic carbocycles. The fourth-order valence-electron chi connectivity index (χ4n) is 3.32. The number of para-hydroxylation sites is 3. The summed E-state index contributed by atoms with van der Waals surface area (Å²) in [6.07, 6.45) is 0. The molecule has 34 heavy (non-hydrogen) atoms. The Kier molecular flexibility index (Phi) is 6.88. The number of anilines is 1. The van der Waals surface area contributed by atoms with Crippen LogP contribution in [-0.2, 0) is 11.3 Å². The largest absolute Gasteiger partial charge is 0.497 e. The summed E-state index contributed by atoms with van der Waals surface area (Å²) < 4.78 is 17.7. The second-order valence-electron chi connectivity index (χ2n) is 7.24. The summed E-state index contributed by atoms with van der Waals surface area (Å²) in [5, 5.41) is 7.17. The summed E-state index contributed by atoms with van der Waals surface area (Å²) >= 11 is 0. The molecule has 8 heteroatoms. The number of amides is 1. The average molecular weight is 457 g/mol. The van der Waals surface area contributed by atoms with Crippen LogP contribution in [0.15, 0.2) is 89.7 Å². The van der Waals surface area contributed by atoms with E-state index in [1.165, 1.54) is 6.07 Å². The molecule has 8 nitrogen and oxygen atoms in total. The van der Waals surface area contributed by atoms with Crippen molar-refractivity contribution in [2.45, 2.75) is 6.54 Å². The zero-order chi connectivity index (χ0) is 23.9. The van der Waals surface area contributed by atoms with Gasteiger partial charge in [0.2, 0.25) is 5.91 Å². The Morgan fingerprint density at radius 1 is 0.853 bits per heavy atom. The summed E-state index contributed by atoms with van der Waals surface area (Å²) in [5.74, 6) is 1.88. The van der Waals surface area contributed by atoms with Crippen molar-refractivity contribution < 1.29 is 19.0 Å². The molecule has 0 bridgehead atoms. The second-order valence-corrected chi connectivity index (χ2v) is 7.24. The Morgan fingerprint density at radius 3 is 2.38 bits per heavy atom. The van der Waals surface area contributed by atoms with E-state index in [1.807, 2.05) is 36.4 Å². The van der Waals surface area contributed by atoms with Crippen LogP contribution in [0.5, 0.6) is 23.0 Å². The number of rotatable bonds is 8. The lowest BCUT2D eigenvalue weighted by atomic mass is 10.1. The Labute approximate surface area is 196 Å². The maximum absolute atomic E-state index is 12.8. The molecule has 1 aromatic heterocycles. The number of nitrogens with one attached hydrogen (secondary N) is 1. The number of hydrogen-bond donors (Lipinski definition) is 1. The lowest BCUT2D eigenvalue weighted by Gasteiger charge is -2.13. The molecule has 0 aliphatic heterocycles. The molecule has 4 rings (SSSR count). The van der Waals surface area contributed by atoms with Gasteiger partial charge in [-0.25, -0.2) is 4.68 Å². The zero-order valence-electron chi connectivity index (χ0n) is 18.7. The zero-order valence-corrected chi connectivity index (χ0v) is 18.7. The SMILES string of the molecule is COc1ccc(OC)c(-c2ccc(=O)n(CC(=O)Nc3ccccc3Oc3ccccc3)n2)c1. The minimum absolute atomic E-state index is 0.279. The number of carbonyl (C=O) groups excluding carboxylic acids is 1. The Bertz CT molecular complexity index is 1350. The predicted octanol–water partition coefficient (Wildman–Crippen LogP) is 4.36. The molecule has 0 unspecified atom stereocenters. The molecule has 0 fully saturated rings. The minimum atomic E-state index is -0.423. The maximum Gasteiger partial charge on any atom is 0.267 e. The Morgan fingerprint density at radius 2 is 1.62 bits per heavy atom. The molecule has 0 radical (unpaired) electrons. The van der Waals surface area contributed by atoms with Crippen molar-refractivity contribution in [2.24, 2.45) is 0 Å². The molecule has 0 aliphatic rings. The van der Waals surface area contributed by atoms with E-state index in [4.69, 9.17) is 14.2 Å². The van der Waals surface area contributed by atoms with Crippen LogP contribution in [0, 0.1) is 0 Å². The van der Waals surface area contributed by atoms with Crippen molar-refractivity contribution in [1.29, 1.82) is 0 Å². The van der Waals surface area contributed by atoms with Gasteiger partial charge in [-0.2, -0.15) is 5.10 Å². The highest BCUT2D eigenvalue weighted by Crippen LogP contribution is 2.32. The van der Waals surface area contributed by atoms with E-state index < -0.39 is 11.5 Å². The summed E-state index contributed by atoms with van der Waals surface area (Å²) in [4.78, 5) is 25.2. The molecule has 0 saturated heterocycles. The van der Waals surface area contributed by atoms with Crippen molar-refractivity contribution in [3.05, 3.63) is 95.3 Å². The molecular weight excluding hydrogens is 434 g/mol. The van der Waals surface area contributed by atoms with Gasteiger partial charge in [-0.3, -0.25) is 9.59 Å². The second kappa shape index (κ2) is 10.4. The topological polar surface area (TPSA) is 91.7 Å². The first kappa shape index (κ1) is 22.6. The molecule has 0 atom stereocenters. The fourth-order valence-corrected chi connectivity index (χ4v) is 3.32. The van der Waals surface area contributed by atoms with Gasteiger partial charge in [-0.05, 0) is 48.5 Å². The summed E-state index contributed by atoms with van der Waals surface area (Å²) in [7, 11) is 3.10. The summed E-state index contributed by atoms with van der Waals surface area (Å²) in [6, 6.07) is 24.5. The van der Waals surface area contributed by atoms with Gasteiger partial charge in [0.05, 0.1) is 25.6 Å². The van der Waals surface area contributed by atoms with Crippen LogP contribution in [-0.4, -0.2) is 29.9 Å². The van der Waals surface area contributed by atoms with Crippen LogP contribution < -0.4 is 25.1 Å². The Hall–Kier alpha value is -4.59. The van der Waals surface area contributed by atoms with E-state index in [9.17, 15) is 9.59 Å². The van der Waals surface area contributed by atoms with Crippen LogP contribution >= 0.6 is 0 Å². The standard InChI is InChI=1S/C26H23N3O5/c1-32-19-12-14-23(33-2)20(16-19)21-13-15-26(31)29(28-21)17-25(30)27-22-10-6-7-11-24(22)34-18-8-4-3-5-9-18/h3-16H,17H2,1-2H3,(H,27,30). The third kappa shape index (κ3) is 5.24. The normalized spacial score (nSPS) is 10.4. The first-order valence-electron chi connectivity index (χ1n) is 10.5. The molecular formula is C26H23N3O5. The highest BCUT2D eigenvalue weighted by Gasteiger charge is 2.14. The fraction of sp³-hybridized carbons (Fsp3) is 0.115. The van der Waals surface area contributed by atoms with Crippen LogP contribution in [0.2, 0.25) is 0 Å². The van der Waals surface area contributed by atoms with Gasteiger partial charge in [0.25, 0.3) is 5.56 Å². The molecule has 1 heterocycles. The highest BCUT2D eigenvalue weighted by molar-refractivity contribution is 5.92. The first-order chi connectivity index (χ1) is 16.6. The Balaban J connectivity index is 1.56. The molecule has 0 saturated carbocycles. The van der Waals surface area contributed by atoms with Crippen LogP contribution in [0.25, 0.3) is 11.3 Å². The number of aromatic nitrogens is 2. The molecule has 4 aromatic rings. The maximum atomic E-state index is 12.8. The third-order valence-corrected chi connectivity index (χ3v) is 4.97. The molecule has 172 valence electrons. The van der Waals surface area contributed by atoms with Crippen LogP contribution in [0.4, 0.5) is 5.69 Å². The van der Waals surface area contributed by atoms with Gasteiger partial charge in [0.15, 0.2) is 5.75 Å². The van der Waals surface area contributed by atoms with E-state index in [0.29, 0.717) is 39.9 Å². The van der Waals surface area contributed by atoms with E-state index in [1.54, 1.807) is 56.7 Å². The van der Waals surface area contributed by atoms with Crippen molar-refractivity contribution in [1.82, 2.24) is 9.78 Å². The molecule has 1 N–H and O–H groups in total. The number of carbonyl (C=O) groups is 1. The first-order valence-corrected chi connectivity index (χ1v) is 10.5. The van der Waals surface area contributed by atoms with E-state index in [-0.39, 0.29) is 6.54 Å². The average Bonchev–Trinajstić information content (AvgIpc) is 2.87. The van der Waals surface area contributed by atoms with Gasteiger partial charge in [0, 0.05) is 11.6 Å². The van der Waals surface area contributed by atoms with Gasteiger partial charge in [0.1, 0.15) is 23.8 Å². The van der Waals surface area contributed by atoms with E-state index in [2.05, 4.69) is 10.4 Å². The lowest BCUT2D eigenvalue weighted by Crippen LogP contribution is -2.29. The molecule has 0 aliphatic carbocycles. The quantitative estimate of drug-likeness (QED) is 0.423. The highest BCUT2D eigenvalue weighted by atomic mass is 16.5. The van der Waals surface area contributed by atoms with Crippen LogP contribution in [0.1, 0.15) is 0 Å². The number of hydrogen-bond acceptors (Lipinski definition) is 6. The molecule has 1 amide bonds. The molecule has 0 spiro atoms. The van der Waals surface area contributed by atoms with E-state index in [0.717, 1.165) is 4.68 Å². The van der Waals surface area contributed by atoms with Gasteiger partial charge >= 0.3 is 0 Å². The smallest absolute Gasteiger partial charge is 0.267 e. The number of benzene rings is 3. The number of nitrogens with zero attached hydrogens (tertiary/aromatic N) is 2. The summed E-state index contributed by atoms with van der Waals surface area (Å²) in [5.41, 5.74) is 1.18. The summed E-state index contributed by atoms with van der Waals surface area (Å²) in [6.45, 7) is -0.279. The van der Waals surface area contributed by atoms with Gasteiger partial charge in [-0.1, -0.05) is 30.3 Å². The van der Waals surface area contributed by atoms with Crippen molar-refractivity contribution in [3.8, 4) is 34.3 Å². The monoisotopic (exact) mass is 457 g/mol. The van der Waals surface area contributed by atoms with E-state index >= 15 is 0 Å². The van der Waals surface area contributed by atoms with Crippen molar-refractivity contribution >= 4 is 11.6 Å².